The van der Waals surface area contributed by atoms with Gasteiger partial charge in [-0.15, -0.1) is 0 Å². The van der Waals surface area contributed by atoms with E-state index in [0.29, 0.717) is 11.1 Å². The van der Waals surface area contributed by atoms with Gasteiger partial charge in [-0.2, -0.15) is 0 Å². The van der Waals surface area contributed by atoms with Crippen LogP contribution in [0.1, 0.15) is 44.1 Å². The summed E-state index contributed by atoms with van der Waals surface area (Å²) < 4.78 is 0. The predicted molar refractivity (Wildman–Crippen MR) is 86.5 cm³/mol. The lowest BCUT2D eigenvalue weighted by Crippen LogP contribution is -2.23. The molecule has 2 rings (SSSR count). The Hall–Kier alpha value is -2.42. The van der Waals surface area contributed by atoms with Gasteiger partial charge in [0.1, 0.15) is 5.92 Å². The summed E-state index contributed by atoms with van der Waals surface area (Å²) in [6.07, 6.45) is 0. The van der Waals surface area contributed by atoms with Gasteiger partial charge in [0.2, 0.25) is 0 Å². The molecule has 0 amide bonds. The molecule has 0 heterocycles. The van der Waals surface area contributed by atoms with E-state index in [1.165, 1.54) is 0 Å². The molecule has 1 N–H and O–H groups in total. The number of carboxylic acid groups (broad SMARTS) is 1. The van der Waals surface area contributed by atoms with Gasteiger partial charge >= 0.3 is 5.97 Å². The van der Waals surface area contributed by atoms with E-state index in [0.717, 1.165) is 22.3 Å². The van der Waals surface area contributed by atoms with Crippen molar-refractivity contribution >= 4 is 11.8 Å². The molecule has 0 saturated heterocycles. The number of carbonyl (C=O) groups excluding carboxylic acids is 1. The molecule has 0 aliphatic rings. The molecule has 3 heteroatoms. The van der Waals surface area contributed by atoms with E-state index in [2.05, 4.69) is 0 Å². The van der Waals surface area contributed by atoms with E-state index in [-0.39, 0.29) is 5.78 Å². The Balaban J connectivity index is 2.59. The van der Waals surface area contributed by atoms with Crippen LogP contribution < -0.4 is 0 Å². The van der Waals surface area contributed by atoms with Crippen LogP contribution in [0.4, 0.5) is 0 Å². The molecule has 2 aromatic carbocycles. The first-order valence-corrected chi connectivity index (χ1v) is 7.24. The highest BCUT2D eigenvalue weighted by atomic mass is 16.4. The molecular formula is C19H20O3. The van der Waals surface area contributed by atoms with Crippen molar-refractivity contribution in [3.63, 3.8) is 0 Å². The molecule has 0 aliphatic heterocycles. The standard InChI is InChI=1S/C19H20O3/c1-11-10-12(2)16(14(4)13(11)3)18(20)17(19(21)22)15-8-6-5-7-9-15/h5-10,17H,1-4H3,(H,21,22). The molecule has 0 bridgehead atoms. The Bertz CT molecular complexity index is 730. The number of rotatable bonds is 4. The number of hydrogen-bond acceptors (Lipinski definition) is 2. The van der Waals surface area contributed by atoms with Crippen molar-refractivity contribution in [2.45, 2.75) is 33.6 Å². The summed E-state index contributed by atoms with van der Waals surface area (Å²) in [5.41, 5.74) is 4.87. The van der Waals surface area contributed by atoms with E-state index >= 15 is 0 Å². The molecule has 0 aromatic heterocycles. The third kappa shape index (κ3) is 2.80. The molecule has 0 radical (unpaired) electrons. The van der Waals surface area contributed by atoms with E-state index in [1.54, 1.807) is 30.3 Å². The van der Waals surface area contributed by atoms with Gasteiger partial charge in [-0.3, -0.25) is 9.59 Å². The molecule has 3 nitrogen and oxygen atoms in total. The number of aryl methyl sites for hydroxylation is 2. The van der Waals surface area contributed by atoms with Crippen LogP contribution in [0.3, 0.4) is 0 Å². The summed E-state index contributed by atoms with van der Waals surface area (Å²) >= 11 is 0. The van der Waals surface area contributed by atoms with Gasteiger partial charge in [-0.1, -0.05) is 36.4 Å². The zero-order valence-electron chi connectivity index (χ0n) is 13.3. The summed E-state index contributed by atoms with van der Waals surface area (Å²) in [6.45, 7) is 7.69. The largest absolute Gasteiger partial charge is 0.480 e. The van der Waals surface area contributed by atoms with Gasteiger partial charge in [-0.05, 0) is 55.5 Å². The quantitative estimate of drug-likeness (QED) is 0.686. The third-order valence-corrected chi connectivity index (χ3v) is 4.24. The molecule has 0 aliphatic carbocycles. The monoisotopic (exact) mass is 296 g/mol. The Morgan fingerprint density at radius 1 is 0.909 bits per heavy atom. The molecule has 1 unspecified atom stereocenters. The fraction of sp³-hybridized carbons (Fsp3) is 0.263. The van der Waals surface area contributed by atoms with Crippen LogP contribution in [0, 0.1) is 27.7 Å². The predicted octanol–water partition coefficient (Wildman–Crippen LogP) is 3.97. The zero-order valence-corrected chi connectivity index (χ0v) is 13.3. The summed E-state index contributed by atoms with van der Waals surface area (Å²) in [4.78, 5) is 24.6. The average Bonchev–Trinajstić information content (AvgIpc) is 2.46. The van der Waals surface area contributed by atoms with Crippen LogP contribution in [0.5, 0.6) is 0 Å². The summed E-state index contributed by atoms with van der Waals surface area (Å²) in [7, 11) is 0. The van der Waals surface area contributed by atoms with Crippen molar-refractivity contribution in [3.05, 3.63) is 69.8 Å². The second-order valence-electron chi connectivity index (χ2n) is 5.68. The minimum atomic E-state index is -1.17. The number of benzene rings is 2. The van der Waals surface area contributed by atoms with E-state index in [1.807, 2.05) is 33.8 Å². The lowest BCUT2D eigenvalue weighted by atomic mass is 9.84. The fourth-order valence-corrected chi connectivity index (χ4v) is 2.86. The van der Waals surface area contributed by atoms with Crippen LogP contribution in [0.25, 0.3) is 0 Å². The number of carbonyl (C=O) groups is 2. The van der Waals surface area contributed by atoms with Crippen LogP contribution in [0.2, 0.25) is 0 Å². The first-order chi connectivity index (χ1) is 10.3. The van der Waals surface area contributed by atoms with E-state index in [4.69, 9.17) is 0 Å². The normalized spacial score (nSPS) is 12.0. The second kappa shape index (κ2) is 6.14. The van der Waals surface area contributed by atoms with Crippen molar-refractivity contribution in [3.8, 4) is 0 Å². The molecule has 2 aromatic rings. The van der Waals surface area contributed by atoms with Crippen LogP contribution in [0.15, 0.2) is 36.4 Å². The maximum absolute atomic E-state index is 12.9. The highest BCUT2D eigenvalue weighted by Crippen LogP contribution is 2.28. The lowest BCUT2D eigenvalue weighted by Gasteiger charge is -2.18. The zero-order chi connectivity index (χ0) is 16.4. The highest BCUT2D eigenvalue weighted by molar-refractivity contribution is 6.14. The van der Waals surface area contributed by atoms with Gasteiger partial charge in [-0.25, -0.2) is 0 Å². The molecule has 0 fully saturated rings. The molecule has 22 heavy (non-hydrogen) atoms. The number of aliphatic carboxylic acids is 1. The first kappa shape index (κ1) is 16.0. The van der Waals surface area contributed by atoms with Gasteiger partial charge in [0, 0.05) is 5.56 Å². The van der Waals surface area contributed by atoms with Crippen molar-refractivity contribution < 1.29 is 14.7 Å². The maximum atomic E-state index is 12.9. The molecule has 0 saturated carbocycles. The minimum Gasteiger partial charge on any atom is -0.480 e. The van der Waals surface area contributed by atoms with E-state index in [9.17, 15) is 14.7 Å². The van der Waals surface area contributed by atoms with Crippen molar-refractivity contribution in [1.29, 1.82) is 0 Å². The topological polar surface area (TPSA) is 54.4 Å². The van der Waals surface area contributed by atoms with Crippen LogP contribution in [-0.4, -0.2) is 16.9 Å². The van der Waals surface area contributed by atoms with Crippen molar-refractivity contribution in [1.82, 2.24) is 0 Å². The maximum Gasteiger partial charge on any atom is 0.318 e. The second-order valence-corrected chi connectivity index (χ2v) is 5.68. The number of ketones is 1. The summed E-state index contributed by atoms with van der Waals surface area (Å²) in [5, 5.41) is 9.54. The summed E-state index contributed by atoms with van der Waals surface area (Å²) in [5.74, 6) is -2.63. The number of Topliss-reactive ketones (excluding diaryl/α,β-unsaturated/α-hetero) is 1. The third-order valence-electron chi connectivity index (χ3n) is 4.24. The Morgan fingerprint density at radius 2 is 1.50 bits per heavy atom. The van der Waals surface area contributed by atoms with Gasteiger partial charge in [0.25, 0.3) is 0 Å². The molecule has 1 atom stereocenters. The van der Waals surface area contributed by atoms with Gasteiger partial charge < -0.3 is 5.11 Å². The molecular weight excluding hydrogens is 276 g/mol. The van der Waals surface area contributed by atoms with Gasteiger partial charge in [0.05, 0.1) is 0 Å². The molecule has 0 spiro atoms. The minimum absolute atomic E-state index is 0.350. The molecule has 114 valence electrons. The SMILES string of the molecule is Cc1cc(C)c(C(=O)C(C(=O)O)c2ccccc2)c(C)c1C. The number of hydrogen-bond donors (Lipinski definition) is 1. The first-order valence-electron chi connectivity index (χ1n) is 7.24. The lowest BCUT2D eigenvalue weighted by molar-refractivity contribution is -0.137. The van der Waals surface area contributed by atoms with Crippen molar-refractivity contribution in [2.24, 2.45) is 0 Å². The van der Waals surface area contributed by atoms with Crippen molar-refractivity contribution in [2.75, 3.05) is 0 Å². The fourth-order valence-electron chi connectivity index (χ4n) is 2.86. The van der Waals surface area contributed by atoms with Gasteiger partial charge in [0.15, 0.2) is 5.78 Å². The Labute approximate surface area is 130 Å². The Kier molecular flexibility index (Phi) is 4.45. The summed E-state index contributed by atoms with van der Waals surface area (Å²) in [6, 6.07) is 10.6. The smallest absolute Gasteiger partial charge is 0.318 e. The van der Waals surface area contributed by atoms with Crippen LogP contribution >= 0.6 is 0 Å². The highest BCUT2D eigenvalue weighted by Gasteiger charge is 2.31. The number of carboxylic acids is 1. The average molecular weight is 296 g/mol. The van der Waals surface area contributed by atoms with Crippen LogP contribution in [-0.2, 0) is 4.79 Å². The Morgan fingerprint density at radius 3 is 2.05 bits per heavy atom. The van der Waals surface area contributed by atoms with E-state index < -0.39 is 11.9 Å².